The molecule has 0 aliphatic heterocycles. The van der Waals surface area contributed by atoms with E-state index in [2.05, 4.69) is 24.1 Å². The third-order valence-electron chi connectivity index (χ3n) is 3.83. The van der Waals surface area contributed by atoms with Crippen molar-refractivity contribution in [1.82, 2.24) is 4.90 Å². The van der Waals surface area contributed by atoms with Gasteiger partial charge in [0.25, 0.3) is 0 Å². The van der Waals surface area contributed by atoms with E-state index in [9.17, 15) is 0 Å². The fraction of sp³-hybridized carbons (Fsp3) is 0.600. The Morgan fingerprint density at radius 2 is 1.88 bits per heavy atom. The molecule has 0 heterocycles. The fourth-order valence-corrected chi connectivity index (χ4v) is 2.81. The molecule has 0 atom stereocenters. The summed E-state index contributed by atoms with van der Waals surface area (Å²) in [6.07, 6.45) is 8.35. The maximum Gasteiger partial charge on any atom is 0.0317 e. The molecular formula is C15H24N2. The summed E-state index contributed by atoms with van der Waals surface area (Å²) < 4.78 is 0. The van der Waals surface area contributed by atoms with Crippen molar-refractivity contribution in [1.29, 1.82) is 0 Å². The summed E-state index contributed by atoms with van der Waals surface area (Å²) in [6.45, 7) is 1.02. The van der Waals surface area contributed by atoms with Gasteiger partial charge >= 0.3 is 0 Å². The number of nitrogens with two attached hydrogens (primary N) is 1. The van der Waals surface area contributed by atoms with Gasteiger partial charge in [0.2, 0.25) is 0 Å². The van der Waals surface area contributed by atoms with Crippen molar-refractivity contribution in [3.05, 3.63) is 29.8 Å². The first-order chi connectivity index (χ1) is 8.25. The van der Waals surface area contributed by atoms with Crippen LogP contribution in [0.4, 0.5) is 5.69 Å². The maximum atomic E-state index is 5.82. The van der Waals surface area contributed by atoms with Crippen LogP contribution in [0.3, 0.4) is 0 Å². The molecule has 1 aliphatic rings. The number of anilines is 1. The van der Waals surface area contributed by atoms with Gasteiger partial charge in [-0.3, -0.25) is 4.90 Å². The van der Waals surface area contributed by atoms with E-state index in [1.54, 1.807) is 0 Å². The Kier molecular flexibility index (Phi) is 4.43. The molecule has 0 amide bonds. The fourth-order valence-electron chi connectivity index (χ4n) is 2.81. The Morgan fingerprint density at radius 3 is 2.53 bits per heavy atom. The Morgan fingerprint density at radius 1 is 1.18 bits per heavy atom. The number of benzene rings is 1. The predicted molar refractivity (Wildman–Crippen MR) is 73.8 cm³/mol. The van der Waals surface area contributed by atoms with E-state index >= 15 is 0 Å². The summed E-state index contributed by atoms with van der Waals surface area (Å²) in [4.78, 5) is 2.50. The van der Waals surface area contributed by atoms with Gasteiger partial charge in [0.15, 0.2) is 0 Å². The van der Waals surface area contributed by atoms with Gasteiger partial charge in [0.1, 0.15) is 0 Å². The first-order valence-corrected chi connectivity index (χ1v) is 6.80. The van der Waals surface area contributed by atoms with E-state index in [0.717, 1.165) is 18.3 Å². The number of nitrogens with zero attached hydrogens (tertiary/aromatic N) is 1. The topological polar surface area (TPSA) is 29.3 Å². The number of rotatable bonds is 3. The molecule has 0 aromatic heterocycles. The normalized spacial score (nSPS) is 18.2. The summed E-state index contributed by atoms with van der Waals surface area (Å²) in [6, 6.07) is 9.02. The molecule has 0 saturated heterocycles. The van der Waals surface area contributed by atoms with Gasteiger partial charge in [-0.1, -0.05) is 37.8 Å². The molecule has 1 aromatic carbocycles. The molecule has 17 heavy (non-hydrogen) atoms. The summed E-state index contributed by atoms with van der Waals surface area (Å²) in [5.41, 5.74) is 8.02. The monoisotopic (exact) mass is 232 g/mol. The minimum absolute atomic E-state index is 0.763. The zero-order chi connectivity index (χ0) is 12.1. The van der Waals surface area contributed by atoms with Gasteiger partial charge in [0.05, 0.1) is 0 Å². The van der Waals surface area contributed by atoms with Gasteiger partial charge in [0, 0.05) is 18.3 Å². The number of hydrogen-bond acceptors (Lipinski definition) is 2. The van der Waals surface area contributed by atoms with Crippen LogP contribution in [0.2, 0.25) is 0 Å². The zero-order valence-electron chi connectivity index (χ0n) is 10.9. The lowest BCUT2D eigenvalue weighted by molar-refractivity contribution is 0.213. The highest BCUT2D eigenvalue weighted by atomic mass is 15.1. The molecule has 0 bridgehead atoms. The Balaban J connectivity index is 1.93. The second kappa shape index (κ2) is 6.06. The highest BCUT2D eigenvalue weighted by Crippen LogP contribution is 2.22. The lowest BCUT2D eigenvalue weighted by Crippen LogP contribution is -2.30. The van der Waals surface area contributed by atoms with Crippen molar-refractivity contribution in [3.8, 4) is 0 Å². The molecule has 0 spiro atoms. The third-order valence-corrected chi connectivity index (χ3v) is 3.83. The summed E-state index contributed by atoms with van der Waals surface area (Å²) in [5, 5.41) is 0. The van der Waals surface area contributed by atoms with Gasteiger partial charge in [-0.15, -0.1) is 0 Å². The van der Waals surface area contributed by atoms with Crippen LogP contribution in [0, 0.1) is 0 Å². The Hall–Kier alpha value is -1.02. The lowest BCUT2D eigenvalue weighted by atomic mass is 10.1. The van der Waals surface area contributed by atoms with Crippen LogP contribution in [0.5, 0.6) is 0 Å². The van der Waals surface area contributed by atoms with Crippen LogP contribution in [0.25, 0.3) is 0 Å². The van der Waals surface area contributed by atoms with E-state index < -0.39 is 0 Å². The largest absolute Gasteiger partial charge is 0.399 e. The van der Waals surface area contributed by atoms with Gasteiger partial charge < -0.3 is 5.73 Å². The summed E-state index contributed by atoms with van der Waals surface area (Å²) in [5.74, 6) is 0. The van der Waals surface area contributed by atoms with Gasteiger partial charge in [-0.25, -0.2) is 0 Å². The number of hydrogen-bond donors (Lipinski definition) is 1. The SMILES string of the molecule is CN(Cc1cccc(N)c1)C1CCCCCC1. The molecule has 94 valence electrons. The smallest absolute Gasteiger partial charge is 0.0317 e. The quantitative estimate of drug-likeness (QED) is 0.639. The molecule has 1 aliphatic carbocycles. The van der Waals surface area contributed by atoms with Crippen LogP contribution in [0.1, 0.15) is 44.1 Å². The van der Waals surface area contributed by atoms with E-state index in [-0.39, 0.29) is 0 Å². The predicted octanol–water partition coefficient (Wildman–Crippen LogP) is 3.42. The zero-order valence-corrected chi connectivity index (χ0v) is 10.9. The average molecular weight is 232 g/mol. The van der Waals surface area contributed by atoms with Crippen molar-refractivity contribution in [2.24, 2.45) is 0 Å². The van der Waals surface area contributed by atoms with Crippen LogP contribution in [-0.2, 0) is 6.54 Å². The minimum Gasteiger partial charge on any atom is -0.399 e. The molecule has 2 heteroatoms. The van der Waals surface area contributed by atoms with Crippen molar-refractivity contribution < 1.29 is 0 Å². The molecule has 2 N–H and O–H groups in total. The van der Waals surface area contributed by atoms with E-state index in [0.29, 0.717) is 0 Å². The van der Waals surface area contributed by atoms with Crippen molar-refractivity contribution in [2.75, 3.05) is 12.8 Å². The Labute approximate surface area is 105 Å². The van der Waals surface area contributed by atoms with Crippen LogP contribution in [0.15, 0.2) is 24.3 Å². The van der Waals surface area contributed by atoms with Crippen LogP contribution < -0.4 is 5.73 Å². The van der Waals surface area contributed by atoms with Gasteiger partial charge in [-0.05, 0) is 37.6 Å². The molecule has 2 rings (SSSR count). The van der Waals surface area contributed by atoms with Crippen LogP contribution in [-0.4, -0.2) is 18.0 Å². The molecule has 0 unspecified atom stereocenters. The molecular weight excluding hydrogens is 208 g/mol. The van der Waals surface area contributed by atoms with Gasteiger partial charge in [-0.2, -0.15) is 0 Å². The molecule has 2 nitrogen and oxygen atoms in total. The van der Waals surface area contributed by atoms with Crippen molar-refractivity contribution >= 4 is 5.69 Å². The van der Waals surface area contributed by atoms with E-state index in [4.69, 9.17) is 5.73 Å². The highest BCUT2D eigenvalue weighted by Gasteiger charge is 2.16. The van der Waals surface area contributed by atoms with Crippen LogP contribution >= 0.6 is 0 Å². The third kappa shape index (κ3) is 3.74. The highest BCUT2D eigenvalue weighted by molar-refractivity contribution is 5.40. The average Bonchev–Trinajstić information content (AvgIpc) is 2.57. The molecule has 1 fully saturated rings. The Bertz CT molecular complexity index is 341. The molecule has 1 saturated carbocycles. The number of nitrogen functional groups attached to an aromatic ring is 1. The minimum atomic E-state index is 0.763. The summed E-state index contributed by atoms with van der Waals surface area (Å²) >= 11 is 0. The molecule has 0 radical (unpaired) electrons. The van der Waals surface area contributed by atoms with E-state index in [1.807, 2.05) is 12.1 Å². The standard InChI is InChI=1S/C15H24N2/c1-17(15-9-4-2-3-5-10-15)12-13-7-6-8-14(16)11-13/h6-8,11,15H,2-5,9-10,12,16H2,1H3. The van der Waals surface area contributed by atoms with E-state index in [1.165, 1.54) is 44.1 Å². The van der Waals surface area contributed by atoms with Crippen molar-refractivity contribution in [2.45, 2.75) is 51.1 Å². The van der Waals surface area contributed by atoms with Crippen molar-refractivity contribution in [3.63, 3.8) is 0 Å². The molecule has 1 aromatic rings. The maximum absolute atomic E-state index is 5.82. The second-order valence-electron chi connectivity index (χ2n) is 5.31. The summed E-state index contributed by atoms with van der Waals surface area (Å²) in [7, 11) is 2.25. The first-order valence-electron chi connectivity index (χ1n) is 6.80. The second-order valence-corrected chi connectivity index (χ2v) is 5.31. The first kappa shape index (κ1) is 12.4. The lowest BCUT2D eigenvalue weighted by Gasteiger charge is -2.27.